The lowest BCUT2D eigenvalue weighted by molar-refractivity contribution is 0.0661. The third kappa shape index (κ3) is 2.80. The fourth-order valence-electron chi connectivity index (χ4n) is 1.70. The highest BCUT2D eigenvalue weighted by molar-refractivity contribution is 7.10. The molecule has 0 aliphatic carbocycles. The molecule has 0 aromatic carbocycles. The van der Waals surface area contributed by atoms with Crippen LogP contribution in [0.2, 0.25) is 0 Å². The molecule has 2 N–H and O–H groups in total. The Hall–Kier alpha value is -1.59. The summed E-state index contributed by atoms with van der Waals surface area (Å²) < 4.78 is 5.16. The van der Waals surface area contributed by atoms with E-state index in [0.717, 1.165) is 5.56 Å². The molecular weight excluding hydrogens is 250 g/mol. The second-order valence-corrected chi connectivity index (χ2v) is 5.09. The van der Waals surface area contributed by atoms with Crippen LogP contribution in [0.5, 0.6) is 0 Å². The lowest BCUT2D eigenvalue weighted by Gasteiger charge is -2.11. The molecule has 2 aromatic rings. The molecule has 5 heteroatoms. The van der Waals surface area contributed by atoms with Crippen molar-refractivity contribution in [1.29, 1.82) is 0 Å². The van der Waals surface area contributed by atoms with Gasteiger partial charge in [-0.05, 0) is 31.4 Å². The van der Waals surface area contributed by atoms with E-state index in [4.69, 9.17) is 9.52 Å². The largest absolute Gasteiger partial charge is 0.475 e. The predicted octanol–water partition coefficient (Wildman–Crippen LogP) is 3.20. The third-order valence-corrected chi connectivity index (χ3v) is 3.86. The van der Waals surface area contributed by atoms with Gasteiger partial charge in [0.2, 0.25) is 5.76 Å². The Morgan fingerprint density at radius 2 is 2.39 bits per heavy atom. The number of aromatic carboxylic acids is 1. The Balaban J connectivity index is 2.00. The molecule has 0 bridgehead atoms. The van der Waals surface area contributed by atoms with E-state index in [-0.39, 0.29) is 11.8 Å². The van der Waals surface area contributed by atoms with Gasteiger partial charge in [0.25, 0.3) is 0 Å². The van der Waals surface area contributed by atoms with Crippen molar-refractivity contribution in [3.05, 3.63) is 45.5 Å². The number of carbonyl (C=O) groups is 1. The van der Waals surface area contributed by atoms with E-state index in [2.05, 4.69) is 18.3 Å². The Kier molecular flexibility index (Phi) is 3.84. The highest BCUT2D eigenvalue weighted by atomic mass is 32.1. The zero-order valence-electron chi connectivity index (χ0n) is 10.3. The number of furan rings is 1. The van der Waals surface area contributed by atoms with E-state index in [0.29, 0.717) is 12.3 Å². The fourth-order valence-corrected chi connectivity index (χ4v) is 2.46. The van der Waals surface area contributed by atoms with Crippen LogP contribution in [0.25, 0.3) is 0 Å². The molecule has 1 atom stereocenters. The first-order valence-electron chi connectivity index (χ1n) is 5.67. The van der Waals surface area contributed by atoms with Crippen LogP contribution in [0.3, 0.4) is 0 Å². The van der Waals surface area contributed by atoms with Gasteiger partial charge in [0.15, 0.2) is 0 Å². The number of aryl methyl sites for hydroxylation is 1. The molecule has 18 heavy (non-hydrogen) atoms. The molecule has 0 aliphatic rings. The quantitative estimate of drug-likeness (QED) is 0.871. The van der Waals surface area contributed by atoms with Crippen molar-refractivity contribution in [3.8, 4) is 0 Å². The molecule has 0 radical (unpaired) electrons. The third-order valence-electron chi connectivity index (χ3n) is 2.80. The van der Waals surface area contributed by atoms with Crippen molar-refractivity contribution in [3.63, 3.8) is 0 Å². The van der Waals surface area contributed by atoms with Crippen LogP contribution in [-0.2, 0) is 6.54 Å². The van der Waals surface area contributed by atoms with Crippen LogP contribution >= 0.6 is 11.3 Å². The summed E-state index contributed by atoms with van der Waals surface area (Å²) in [5.74, 6) is -0.387. The minimum Gasteiger partial charge on any atom is -0.475 e. The van der Waals surface area contributed by atoms with Gasteiger partial charge in [0.1, 0.15) is 5.76 Å². The van der Waals surface area contributed by atoms with Gasteiger partial charge in [-0.25, -0.2) is 4.79 Å². The number of hydrogen-bond donors (Lipinski definition) is 2. The van der Waals surface area contributed by atoms with Crippen molar-refractivity contribution in [2.24, 2.45) is 0 Å². The summed E-state index contributed by atoms with van der Waals surface area (Å²) in [7, 11) is 0. The van der Waals surface area contributed by atoms with Crippen LogP contribution in [0.1, 0.15) is 39.7 Å². The Bertz CT molecular complexity index is 530. The van der Waals surface area contributed by atoms with Crippen molar-refractivity contribution in [2.45, 2.75) is 26.4 Å². The van der Waals surface area contributed by atoms with Crippen LogP contribution in [0.15, 0.2) is 28.0 Å². The average molecular weight is 265 g/mol. The molecule has 2 rings (SSSR count). The summed E-state index contributed by atoms with van der Waals surface area (Å²) in [6.45, 7) is 4.46. The number of thiophene rings is 1. The van der Waals surface area contributed by atoms with E-state index in [1.807, 2.05) is 11.4 Å². The van der Waals surface area contributed by atoms with Crippen LogP contribution in [-0.4, -0.2) is 11.1 Å². The van der Waals surface area contributed by atoms with Crippen LogP contribution in [0, 0.1) is 6.92 Å². The van der Waals surface area contributed by atoms with Crippen molar-refractivity contribution >= 4 is 17.3 Å². The summed E-state index contributed by atoms with van der Waals surface area (Å²) in [6.07, 6.45) is 0. The molecule has 0 spiro atoms. The van der Waals surface area contributed by atoms with Crippen LogP contribution in [0.4, 0.5) is 0 Å². The Morgan fingerprint density at radius 1 is 1.61 bits per heavy atom. The van der Waals surface area contributed by atoms with Gasteiger partial charge in [0.05, 0.1) is 0 Å². The maximum atomic E-state index is 10.8. The van der Waals surface area contributed by atoms with E-state index in [9.17, 15) is 4.79 Å². The molecule has 0 saturated carbocycles. The minimum absolute atomic E-state index is 0.00641. The fraction of sp³-hybridized carbons (Fsp3) is 0.308. The second kappa shape index (κ2) is 5.37. The maximum absolute atomic E-state index is 10.8. The average Bonchev–Trinajstić information content (AvgIpc) is 2.95. The summed E-state index contributed by atoms with van der Waals surface area (Å²) in [6, 6.07) is 5.91. The monoisotopic (exact) mass is 265 g/mol. The number of carboxylic acids is 1. The Labute approximate surface area is 109 Å². The van der Waals surface area contributed by atoms with Gasteiger partial charge >= 0.3 is 5.97 Å². The summed E-state index contributed by atoms with van der Waals surface area (Å²) >= 11 is 1.70. The SMILES string of the molecule is Cc1oc(C(=O)O)cc1CN[C@H](C)c1cccs1. The first kappa shape index (κ1) is 12.9. The molecule has 2 aromatic heterocycles. The van der Waals surface area contributed by atoms with Crippen molar-refractivity contribution < 1.29 is 14.3 Å². The predicted molar refractivity (Wildman–Crippen MR) is 70.0 cm³/mol. The molecule has 0 amide bonds. The molecule has 0 saturated heterocycles. The summed E-state index contributed by atoms with van der Waals surface area (Å²) in [5.41, 5.74) is 0.885. The van der Waals surface area contributed by atoms with E-state index < -0.39 is 5.97 Å². The zero-order chi connectivity index (χ0) is 13.1. The van der Waals surface area contributed by atoms with Gasteiger partial charge in [-0.1, -0.05) is 6.07 Å². The highest BCUT2D eigenvalue weighted by Gasteiger charge is 2.14. The van der Waals surface area contributed by atoms with Gasteiger partial charge in [-0.15, -0.1) is 11.3 Å². The van der Waals surface area contributed by atoms with Gasteiger partial charge in [-0.3, -0.25) is 0 Å². The van der Waals surface area contributed by atoms with Gasteiger partial charge in [-0.2, -0.15) is 0 Å². The van der Waals surface area contributed by atoms with E-state index >= 15 is 0 Å². The Morgan fingerprint density at radius 3 is 2.94 bits per heavy atom. The molecule has 0 aliphatic heterocycles. The molecule has 4 nitrogen and oxygen atoms in total. The molecule has 2 heterocycles. The maximum Gasteiger partial charge on any atom is 0.371 e. The smallest absolute Gasteiger partial charge is 0.371 e. The highest BCUT2D eigenvalue weighted by Crippen LogP contribution is 2.20. The first-order chi connectivity index (χ1) is 8.58. The number of carboxylic acid groups (broad SMARTS) is 1. The normalized spacial score (nSPS) is 12.6. The molecule has 96 valence electrons. The number of hydrogen-bond acceptors (Lipinski definition) is 4. The minimum atomic E-state index is -1.03. The second-order valence-electron chi connectivity index (χ2n) is 4.12. The zero-order valence-corrected chi connectivity index (χ0v) is 11.1. The lowest BCUT2D eigenvalue weighted by Crippen LogP contribution is -2.17. The number of rotatable bonds is 5. The van der Waals surface area contributed by atoms with Crippen molar-refractivity contribution in [1.82, 2.24) is 5.32 Å². The van der Waals surface area contributed by atoms with Crippen molar-refractivity contribution in [2.75, 3.05) is 0 Å². The molecule has 0 unspecified atom stereocenters. The number of nitrogens with one attached hydrogen (secondary N) is 1. The van der Waals surface area contributed by atoms with Gasteiger partial charge in [0, 0.05) is 23.0 Å². The summed E-state index contributed by atoms with van der Waals surface area (Å²) in [5, 5.41) is 14.2. The topological polar surface area (TPSA) is 62.5 Å². The van der Waals surface area contributed by atoms with Gasteiger partial charge < -0.3 is 14.8 Å². The van der Waals surface area contributed by atoms with E-state index in [1.54, 1.807) is 24.3 Å². The first-order valence-corrected chi connectivity index (χ1v) is 6.55. The van der Waals surface area contributed by atoms with Crippen LogP contribution < -0.4 is 5.32 Å². The summed E-state index contributed by atoms with van der Waals surface area (Å²) in [4.78, 5) is 12.0. The lowest BCUT2D eigenvalue weighted by atomic mass is 10.2. The standard InChI is InChI=1S/C13H15NO3S/c1-8(12-4-3-5-18-12)14-7-10-6-11(13(15)16)17-9(10)2/h3-6,8,14H,7H2,1-2H3,(H,15,16)/t8-/m1/s1. The molecule has 0 fully saturated rings. The van der Waals surface area contributed by atoms with E-state index in [1.165, 1.54) is 4.88 Å². The molecular formula is C13H15NO3S.